The molecule has 2 aromatic rings. The summed E-state index contributed by atoms with van der Waals surface area (Å²) in [5.41, 5.74) is 2.47. The van der Waals surface area contributed by atoms with Crippen LogP contribution in [0.1, 0.15) is 46.4 Å². The standard InChI is InChI=1S/C20H25N3O3S/c1-4-6-17-19(25)23(20(26)21-17)12-18(24)16-11-13(2)22(14(16)3)9-8-15-7-5-10-27-15/h5,7,10-11,17H,4,6,8-9,12H2,1-3H3,(H,21,26). The Morgan fingerprint density at radius 3 is 2.74 bits per heavy atom. The molecular formula is C20H25N3O3S. The van der Waals surface area contributed by atoms with Crippen molar-refractivity contribution in [2.45, 2.75) is 52.6 Å². The van der Waals surface area contributed by atoms with E-state index >= 15 is 0 Å². The van der Waals surface area contributed by atoms with Crippen molar-refractivity contribution in [2.24, 2.45) is 0 Å². The van der Waals surface area contributed by atoms with Crippen molar-refractivity contribution in [3.05, 3.63) is 45.4 Å². The van der Waals surface area contributed by atoms with Gasteiger partial charge in [0.2, 0.25) is 0 Å². The normalized spacial score (nSPS) is 16.9. The molecule has 0 spiro atoms. The smallest absolute Gasteiger partial charge is 0.325 e. The van der Waals surface area contributed by atoms with Gasteiger partial charge in [-0.25, -0.2) is 4.79 Å². The minimum atomic E-state index is -0.506. The Morgan fingerprint density at radius 2 is 2.07 bits per heavy atom. The molecule has 3 heterocycles. The summed E-state index contributed by atoms with van der Waals surface area (Å²) in [6, 6.07) is 5.02. The van der Waals surface area contributed by atoms with Crippen LogP contribution >= 0.6 is 11.3 Å². The van der Waals surface area contributed by atoms with E-state index in [1.54, 1.807) is 11.3 Å². The number of ketones is 1. The van der Waals surface area contributed by atoms with E-state index in [1.807, 2.05) is 32.9 Å². The fourth-order valence-corrected chi connectivity index (χ4v) is 4.24. The highest BCUT2D eigenvalue weighted by molar-refractivity contribution is 7.09. The van der Waals surface area contributed by atoms with Crippen LogP contribution in [0.4, 0.5) is 4.79 Å². The lowest BCUT2D eigenvalue weighted by atomic mass is 10.1. The number of carbonyl (C=O) groups is 3. The number of hydrogen-bond acceptors (Lipinski definition) is 4. The van der Waals surface area contributed by atoms with Crippen LogP contribution in [0.5, 0.6) is 0 Å². The summed E-state index contributed by atoms with van der Waals surface area (Å²) < 4.78 is 2.12. The van der Waals surface area contributed by atoms with Crippen LogP contribution in [0.2, 0.25) is 0 Å². The SMILES string of the molecule is CCCC1NC(=O)N(CC(=O)c2cc(C)n(CCc3cccs3)c2C)C1=O. The summed E-state index contributed by atoms with van der Waals surface area (Å²) in [7, 11) is 0. The van der Waals surface area contributed by atoms with E-state index in [0.717, 1.165) is 35.7 Å². The van der Waals surface area contributed by atoms with E-state index in [4.69, 9.17) is 0 Å². The lowest BCUT2D eigenvalue weighted by molar-refractivity contribution is -0.127. The second-order valence-electron chi connectivity index (χ2n) is 6.90. The maximum absolute atomic E-state index is 12.8. The molecule has 0 saturated carbocycles. The third kappa shape index (κ3) is 3.98. The summed E-state index contributed by atoms with van der Waals surface area (Å²) in [5.74, 6) is -0.507. The van der Waals surface area contributed by atoms with Crippen LogP contribution < -0.4 is 5.32 Å². The van der Waals surface area contributed by atoms with Gasteiger partial charge in [-0.15, -0.1) is 11.3 Å². The molecule has 1 unspecified atom stereocenters. The number of nitrogens with one attached hydrogen (secondary N) is 1. The third-order valence-electron chi connectivity index (χ3n) is 5.02. The topological polar surface area (TPSA) is 71.4 Å². The van der Waals surface area contributed by atoms with Gasteiger partial charge in [-0.1, -0.05) is 19.4 Å². The number of nitrogens with zero attached hydrogens (tertiary/aromatic N) is 2. The van der Waals surface area contributed by atoms with Gasteiger partial charge in [0.25, 0.3) is 5.91 Å². The molecule has 0 radical (unpaired) electrons. The van der Waals surface area contributed by atoms with Gasteiger partial charge < -0.3 is 9.88 Å². The second kappa shape index (κ2) is 8.08. The van der Waals surface area contributed by atoms with Crippen LogP contribution in [-0.2, 0) is 17.8 Å². The van der Waals surface area contributed by atoms with Gasteiger partial charge >= 0.3 is 6.03 Å². The number of hydrogen-bond donors (Lipinski definition) is 1. The first-order chi connectivity index (χ1) is 12.9. The summed E-state index contributed by atoms with van der Waals surface area (Å²) >= 11 is 1.72. The number of amides is 3. The molecule has 1 aliphatic rings. The van der Waals surface area contributed by atoms with Crippen LogP contribution in [-0.4, -0.2) is 39.8 Å². The van der Waals surface area contributed by atoms with E-state index in [0.29, 0.717) is 12.0 Å². The summed E-state index contributed by atoms with van der Waals surface area (Å²) in [4.78, 5) is 39.6. The Kier molecular flexibility index (Phi) is 5.79. The maximum Gasteiger partial charge on any atom is 0.325 e. The first-order valence-corrected chi connectivity index (χ1v) is 10.1. The van der Waals surface area contributed by atoms with Gasteiger partial charge in [0.1, 0.15) is 6.04 Å². The molecule has 0 bridgehead atoms. The van der Waals surface area contributed by atoms with Gasteiger partial charge in [-0.3, -0.25) is 14.5 Å². The van der Waals surface area contributed by atoms with Crippen LogP contribution in [0, 0.1) is 13.8 Å². The van der Waals surface area contributed by atoms with E-state index in [2.05, 4.69) is 21.3 Å². The fraction of sp³-hybridized carbons (Fsp3) is 0.450. The Balaban J connectivity index is 1.71. The zero-order valence-corrected chi connectivity index (χ0v) is 16.8. The molecule has 1 N–H and O–H groups in total. The number of aryl methyl sites for hydroxylation is 2. The van der Waals surface area contributed by atoms with Crippen molar-refractivity contribution < 1.29 is 14.4 Å². The third-order valence-corrected chi connectivity index (χ3v) is 5.96. The predicted molar refractivity (Wildman–Crippen MR) is 105 cm³/mol. The van der Waals surface area contributed by atoms with Gasteiger partial charge in [0, 0.05) is 28.4 Å². The number of aromatic nitrogens is 1. The molecule has 2 aromatic heterocycles. The average Bonchev–Trinajstić information content (AvgIpc) is 3.31. The Morgan fingerprint density at radius 1 is 1.30 bits per heavy atom. The summed E-state index contributed by atoms with van der Waals surface area (Å²) in [5, 5.41) is 4.72. The Labute approximate surface area is 163 Å². The number of urea groups is 1. The molecule has 0 aliphatic carbocycles. The highest BCUT2D eigenvalue weighted by Gasteiger charge is 2.38. The lowest BCUT2D eigenvalue weighted by Crippen LogP contribution is -2.36. The monoisotopic (exact) mass is 387 g/mol. The fourth-order valence-electron chi connectivity index (χ4n) is 3.54. The van der Waals surface area contributed by atoms with Crippen molar-refractivity contribution in [3.8, 4) is 0 Å². The molecule has 144 valence electrons. The molecule has 3 amide bonds. The number of Topliss-reactive ketones (excluding diaryl/α,β-unsaturated/α-hetero) is 1. The minimum Gasteiger partial charge on any atom is -0.348 e. The van der Waals surface area contributed by atoms with Gasteiger partial charge in [0.15, 0.2) is 5.78 Å². The first kappa shape index (κ1) is 19.4. The average molecular weight is 388 g/mol. The molecule has 1 saturated heterocycles. The zero-order valence-electron chi connectivity index (χ0n) is 15.9. The number of rotatable bonds is 8. The van der Waals surface area contributed by atoms with Gasteiger partial charge in [-0.2, -0.15) is 0 Å². The van der Waals surface area contributed by atoms with E-state index in [-0.39, 0.29) is 18.2 Å². The molecule has 27 heavy (non-hydrogen) atoms. The zero-order chi connectivity index (χ0) is 19.6. The molecule has 0 aromatic carbocycles. The van der Waals surface area contributed by atoms with E-state index < -0.39 is 12.1 Å². The van der Waals surface area contributed by atoms with Crippen LogP contribution in [0.15, 0.2) is 23.6 Å². The maximum atomic E-state index is 12.8. The first-order valence-electron chi connectivity index (χ1n) is 9.26. The second-order valence-corrected chi connectivity index (χ2v) is 7.94. The largest absolute Gasteiger partial charge is 0.348 e. The number of carbonyl (C=O) groups excluding carboxylic acids is 3. The minimum absolute atomic E-state index is 0.203. The quantitative estimate of drug-likeness (QED) is 0.558. The number of thiophene rings is 1. The molecule has 1 fully saturated rings. The van der Waals surface area contributed by atoms with Crippen LogP contribution in [0.25, 0.3) is 0 Å². The van der Waals surface area contributed by atoms with E-state index in [1.165, 1.54) is 4.88 Å². The van der Waals surface area contributed by atoms with Crippen molar-refractivity contribution >= 4 is 29.1 Å². The summed E-state index contributed by atoms with van der Waals surface area (Å²) in [6.45, 7) is 6.44. The Bertz CT molecular complexity index is 854. The van der Waals surface area contributed by atoms with Gasteiger partial charge in [-0.05, 0) is 44.2 Å². The van der Waals surface area contributed by atoms with Crippen molar-refractivity contribution in [1.29, 1.82) is 0 Å². The van der Waals surface area contributed by atoms with Crippen molar-refractivity contribution in [3.63, 3.8) is 0 Å². The van der Waals surface area contributed by atoms with Crippen LogP contribution in [0.3, 0.4) is 0 Å². The Hall–Kier alpha value is -2.41. The predicted octanol–water partition coefficient (Wildman–Crippen LogP) is 3.31. The molecular weight excluding hydrogens is 362 g/mol. The molecule has 3 rings (SSSR count). The van der Waals surface area contributed by atoms with E-state index in [9.17, 15) is 14.4 Å². The molecule has 6 nitrogen and oxygen atoms in total. The summed E-state index contributed by atoms with van der Waals surface area (Å²) in [6.07, 6.45) is 2.30. The molecule has 1 atom stereocenters. The molecule has 7 heteroatoms. The highest BCUT2D eigenvalue weighted by atomic mass is 32.1. The lowest BCUT2D eigenvalue weighted by Gasteiger charge is -2.12. The highest BCUT2D eigenvalue weighted by Crippen LogP contribution is 2.19. The van der Waals surface area contributed by atoms with Gasteiger partial charge in [0.05, 0.1) is 6.54 Å². The van der Waals surface area contributed by atoms with Crippen molar-refractivity contribution in [1.82, 2.24) is 14.8 Å². The number of imide groups is 1. The van der Waals surface area contributed by atoms with Crippen molar-refractivity contribution in [2.75, 3.05) is 6.54 Å². The molecule has 1 aliphatic heterocycles.